The molecule has 1 saturated heterocycles. The highest BCUT2D eigenvalue weighted by Gasteiger charge is 2.43. The highest BCUT2D eigenvalue weighted by molar-refractivity contribution is 5.95. The van der Waals surface area contributed by atoms with Crippen LogP contribution >= 0.6 is 0 Å². The Morgan fingerprint density at radius 1 is 1.21 bits per heavy atom. The summed E-state index contributed by atoms with van der Waals surface area (Å²) in [6.45, 7) is 1.11. The van der Waals surface area contributed by atoms with E-state index in [1.807, 2.05) is 0 Å². The van der Waals surface area contributed by atoms with Crippen LogP contribution in [0.5, 0.6) is 17.2 Å². The Morgan fingerprint density at radius 3 is 2.50 bits per heavy atom. The number of amides is 1. The lowest BCUT2D eigenvalue weighted by atomic mass is 9.71. The Labute approximate surface area is 142 Å². The zero-order valence-corrected chi connectivity index (χ0v) is 14.2. The molecule has 1 amide bonds. The van der Waals surface area contributed by atoms with E-state index < -0.39 is 5.60 Å². The molecular weight excluding hydrogens is 310 g/mol. The number of hydrogen-bond acceptors (Lipinski definition) is 5. The first-order valence-electron chi connectivity index (χ1n) is 8.45. The number of aromatic hydroxyl groups is 1. The van der Waals surface area contributed by atoms with Crippen LogP contribution in [0.25, 0.3) is 0 Å². The van der Waals surface area contributed by atoms with Gasteiger partial charge in [0.25, 0.3) is 5.91 Å². The van der Waals surface area contributed by atoms with Gasteiger partial charge in [-0.1, -0.05) is 12.8 Å². The summed E-state index contributed by atoms with van der Waals surface area (Å²) in [6, 6.07) is 3.06. The molecule has 3 rings (SSSR count). The van der Waals surface area contributed by atoms with Gasteiger partial charge in [0.05, 0.1) is 19.8 Å². The number of fused-ring (bicyclic) bond motifs is 1. The van der Waals surface area contributed by atoms with Crippen molar-refractivity contribution in [3.8, 4) is 17.2 Å². The molecule has 2 atom stereocenters. The Hall–Kier alpha value is -1.95. The van der Waals surface area contributed by atoms with Crippen LogP contribution in [0.4, 0.5) is 0 Å². The maximum atomic E-state index is 12.9. The second kappa shape index (κ2) is 6.51. The number of carbonyl (C=O) groups is 1. The monoisotopic (exact) mass is 335 g/mol. The summed E-state index contributed by atoms with van der Waals surface area (Å²) < 4.78 is 10.3. The van der Waals surface area contributed by atoms with Crippen LogP contribution in [0.15, 0.2) is 12.1 Å². The van der Waals surface area contributed by atoms with Crippen molar-refractivity contribution < 1.29 is 24.5 Å². The molecule has 0 spiro atoms. The van der Waals surface area contributed by atoms with Gasteiger partial charge in [-0.25, -0.2) is 0 Å². The van der Waals surface area contributed by atoms with E-state index in [9.17, 15) is 15.0 Å². The fourth-order valence-corrected chi connectivity index (χ4v) is 3.95. The minimum absolute atomic E-state index is 0.114. The molecule has 1 heterocycles. The molecule has 2 N–H and O–H groups in total. The van der Waals surface area contributed by atoms with Crippen molar-refractivity contribution in [2.24, 2.45) is 5.92 Å². The van der Waals surface area contributed by atoms with E-state index in [2.05, 4.69) is 0 Å². The number of ether oxygens (including phenoxy) is 2. The number of rotatable bonds is 3. The topological polar surface area (TPSA) is 79.2 Å². The van der Waals surface area contributed by atoms with Gasteiger partial charge in [0.1, 0.15) is 0 Å². The largest absolute Gasteiger partial charge is 0.502 e. The minimum Gasteiger partial charge on any atom is -0.502 e. The lowest BCUT2D eigenvalue weighted by Gasteiger charge is -2.47. The van der Waals surface area contributed by atoms with E-state index in [1.54, 1.807) is 4.90 Å². The third-order valence-electron chi connectivity index (χ3n) is 5.44. The Kier molecular flexibility index (Phi) is 4.58. The molecule has 1 aliphatic carbocycles. The van der Waals surface area contributed by atoms with Gasteiger partial charge in [-0.2, -0.15) is 0 Å². The van der Waals surface area contributed by atoms with Crippen molar-refractivity contribution >= 4 is 5.91 Å². The van der Waals surface area contributed by atoms with Gasteiger partial charge in [-0.05, 0) is 31.4 Å². The molecule has 6 heteroatoms. The SMILES string of the molecule is COc1cc(C(=O)N2CC[C@@]3(O)CCCC[C@H]3C2)cc(OC)c1O. The summed E-state index contributed by atoms with van der Waals surface area (Å²) in [7, 11) is 2.87. The van der Waals surface area contributed by atoms with Gasteiger partial charge in [0.2, 0.25) is 5.75 Å². The van der Waals surface area contributed by atoms with E-state index >= 15 is 0 Å². The number of phenols is 1. The summed E-state index contributed by atoms with van der Waals surface area (Å²) in [4.78, 5) is 14.7. The first kappa shape index (κ1) is 16.9. The van der Waals surface area contributed by atoms with Crippen molar-refractivity contribution in [3.05, 3.63) is 17.7 Å². The summed E-state index contributed by atoms with van der Waals surface area (Å²) in [5, 5.41) is 20.7. The molecule has 0 radical (unpaired) electrons. The number of benzene rings is 1. The maximum Gasteiger partial charge on any atom is 0.254 e. The molecule has 1 aromatic carbocycles. The molecule has 6 nitrogen and oxygen atoms in total. The van der Waals surface area contributed by atoms with E-state index in [-0.39, 0.29) is 29.1 Å². The summed E-state index contributed by atoms with van der Waals surface area (Å²) in [5.41, 5.74) is -0.193. The maximum absolute atomic E-state index is 12.9. The Bertz CT molecular complexity index is 607. The van der Waals surface area contributed by atoms with Gasteiger partial charge in [0.15, 0.2) is 11.5 Å². The lowest BCUT2D eigenvalue weighted by molar-refractivity contribution is -0.0886. The van der Waals surface area contributed by atoms with Crippen LogP contribution in [-0.4, -0.2) is 53.9 Å². The molecule has 2 fully saturated rings. The van der Waals surface area contributed by atoms with Gasteiger partial charge >= 0.3 is 0 Å². The zero-order chi connectivity index (χ0) is 17.3. The van der Waals surface area contributed by atoms with Crippen molar-refractivity contribution in [1.29, 1.82) is 0 Å². The summed E-state index contributed by atoms with van der Waals surface area (Å²) in [6.07, 6.45) is 4.59. The second-order valence-corrected chi connectivity index (χ2v) is 6.78. The smallest absolute Gasteiger partial charge is 0.254 e. The van der Waals surface area contributed by atoms with Crippen LogP contribution in [0.2, 0.25) is 0 Å². The number of carbonyl (C=O) groups excluding carboxylic acids is 1. The number of phenolic OH excluding ortho intramolecular Hbond substituents is 1. The van der Waals surface area contributed by atoms with Crippen molar-refractivity contribution in [3.63, 3.8) is 0 Å². The number of methoxy groups -OCH3 is 2. The number of aliphatic hydroxyl groups is 1. The first-order valence-corrected chi connectivity index (χ1v) is 8.45. The second-order valence-electron chi connectivity index (χ2n) is 6.78. The predicted molar refractivity (Wildman–Crippen MR) is 88.6 cm³/mol. The van der Waals surface area contributed by atoms with E-state index in [0.717, 1.165) is 25.7 Å². The van der Waals surface area contributed by atoms with Crippen LogP contribution in [-0.2, 0) is 0 Å². The molecule has 2 aliphatic rings. The van der Waals surface area contributed by atoms with E-state index in [0.29, 0.717) is 25.1 Å². The fourth-order valence-electron chi connectivity index (χ4n) is 3.95. The van der Waals surface area contributed by atoms with Gasteiger partial charge < -0.3 is 24.6 Å². The highest BCUT2D eigenvalue weighted by atomic mass is 16.5. The molecular formula is C18H25NO5. The molecule has 0 aromatic heterocycles. The van der Waals surface area contributed by atoms with Crippen molar-refractivity contribution in [1.82, 2.24) is 4.90 Å². The molecule has 1 aromatic rings. The molecule has 0 bridgehead atoms. The van der Waals surface area contributed by atoms with Crippen molar-refractivity contribution in [2.75, 3.05) is 27.3 Å². The standard InChI is InChI=1S/C18H25NO5/c1-23-14-9-12(10-15(24-2)16(14)20)17(21)19-8-7-18(22)6-4-3-5-13(18)11-19/h9-10,13,20,22H,3-8,11H2,1-2H3/t13-,18-/m0/s1. The van der Waals surface area contributed by atoms with Crippen LogP contribution in [0.1, 0.15) is 42.5 Å². The average molecular weight is 335 g/mol. The summed E-state index contributed by atoms with van der Waals surface area (Å²) in [5.74, 6) is 0.327. The molecule has 132 valence electrons. The van der Waals surface area contributed by atoms with Crippen LogP contribution in [0, 0.1) is 5.92 Å². The number of nitrogens with zero attached hydrogens (tertiary/aromatic N) is 1. The Balaban J connectivity index is 1.82. The molecule has 1 saturated carbocycles. The van der Waals surface area contributed by atoms with Gasteiger partial charge in [-0.3, -0.25) is 4.79 Å². The zero-order valence-electron chi connectivity index (χ0n) is 14.2. The normalized spacial score (nSPS) is 26.6. The minimum atomic E-state index is -0.612. The third kappa shape index (κ3) is 2.90. The van der Waals surface area contributed by atoms with E-state index in [1.165, 1.54) is 26.4 Å². The van der Waals surface area contributed by atoms with E-state index in [4.69, 9.17) is 9.47 Å². The lowest BCUT2D eigenvalue weighted by Crippen LogP contribution is -2.54. The van der Waals surface area contributed by atoms with Crippen molar-refractivity contribution in [2.45, 2.75) is 37.7 Å². The molecule has 24 heavy (non-hydrogen) atoms. The average Bonchev–Trinajstić information content (AvgIpc) is 2.60. The summed E-state index contributed by atoms with van der Waals surface area (Å²) >= 11 is 0. The third-order valence-corrected chi connectivity index (χ3v) is 5.44. The predicted octanol–water partition coefficient (Wildman–Crippen LogP) is 2.18. The molecule has 1 aliphatic heterocycles. The fraction of sp³-hybridized carbons (Fsp3) is 0.611. The number of hydrogen-bond donors (Lipinski definition) is 2. The quantitative estimate of drug-likeness (QED) is 0.885. The molecule has 0 unspecified atom stereocenters. The highest BCUT2D eigenvalue weighted by Crippen LogP contribution is 2.41. The number of likely N-dealkylation sites (tertiary alicyclic amines) is 1. The Morgan fingerprint density at radius 2 is 1.88 bits per heavy atom. The van der Waals surface area contributed by atoms with Crippen LogP contribution < -0.4 is 9.47 Å². The van der Waals surface area contributed by atoms with Gasteiger partial charge in [-0.15, -0.1) is 0 Å². The van der Waals surface area contributed by atoms with Gasteiger partial charge in [0, 0.05) is 24.6 Å². The number of piperidine rings is 1. The first-order chi connectivity index (χ1) is 11.5. The van der Waals surface area contributed by atoms with Crippen LogP contribution in [0.3, 0.4) is 0 Å².